The van der Waals surface area contributed by atoms with Crippen molar-refractivity contribution in [2.24, 2.45) is 0 Å². The Balaban J connectivity index is 2.53. The largest absolute Gasteiger partial charge is 0.207 e. The van der Waals surface area contributed by atoms with E-state index in [2.05, 4.69) is 6.07 Å². The Morgan fingerprint density at radius 2 is 1.79 bits per heavy atom. The molecular formula is C13H10F. The van der Waals surface area contributed by atoms with Gasteiger partial charge in [0.05, 0.1) is 0 Å². The van der Waals surface area contributed by atoms with Gasteiger partial charge in [0.15, 0.2) is 0 Å². The summed E-state index contributed by atoms with van der Waals surface area (Å²) in [6.45, 7) is 1.91. The Hall–Kier alpha value is -1.63. The molecule has 0 aromatic heterocycles. The van der Waals surface area contributed by atoms with Crippen LogP contribution < -0.4 is 0 Å². The molecule has 0 aliphatic rings. The third-order valence-electron chi connectivity index (χ3n) is 2.22. The molecule has 0 amide bonds. The zero-order valence-electron chi connectivity index (χ0n) is 7.92. The van der Waals surface area contributed by atoms with Crippen LogP contribution in [0.15, 0.2) is 42.5 Å². The molecule has 0 saturated heterocycles. The van der Waals surface area contributed by atoms with Gasteiger partial charge in [-0.15, -0.1) is 0 Å². The first-order chi connectivity index (χ1) is 6.77. The molecule has 0 unspecified atom stereocenters. The van der Waals surface area contributed by atoms with Crippen molar-refractivity contribution in [1.29, 1.82) is 0 Å². The van der Waals surface area contributed by atoms with Crippen LogP contribution in [0.2, 0.25) is 0 Å². The fourth-order valence-electron chi connectivity index (χ4n) is 1.52. The van der Waals surface area contributed by atoms with Crippen LogP contribution in [0, 0.1) is 18.8 Å². The molecule has 2 aromatic carbocycles. The molecule has 0 N–H and O–H groups in total. The van der Waals surface area contributed by atoms with Crippen LogP contribution in [0.4, 0.5) is 4.39 Å². The van der Waals surface area contributed by atoms with Gasteiger partial charge in [-0.05, 0) is 41.8 Å². The van der Waals surface area contributed by atoms with Gasteiger partial charge in [-0.3, -0.25) is 0 Å². The van der Waals surface area contributed by atoms with E-state index < -0.39 is 0 Å². The molecular weight excluding hydrogens is 175 g/mol. The van der Waals surface area contributed by atoms with Crippen molar-refractivity contribution in [2.75, 3.05) is 0 Å². The van der Waals surface area contributed by atoms with Crippen LogP contribution in [0.5, 0.6) is 0 Å². The highest BCUT2D eigenvalue weighted by Crippen LogP contribution is 2.23. The van der Waals surface area contributed by atoms with Gasteiger partial charge >= 0.3 is 0 Å². The Labute approximate surface area is 83.0 Å². The zero-order valence-corrected chi connectivity index (χ0v) is 7.92. The molecule has 1 heteroatoms. The van der Waals surface area contributed by atoms with E-state index in [1.165, 1.54) is 6.07 Å². The molecule has 0 nitrogen and oxygen atoms in total. The van der Waals surface area contributed by atoms with Gasteiger partial charge in [-0.25, -0.2) is 4.39 Å². The summed E-state index contributed by atoms with van der Waals surface area (Å²) in [6, 6.07) is 15.5. The van der Waals surface area contributed by atoms with Crippen LogP contribution >= 0.6 is 0 Å². The van der Waals surface area contributed by atoms with Crippen LogP contribution in [-0.2, 0) is 0 Å². The maximum Gasteiger partial charge on any atom is 0.123 e. The molecule has 1 radical (unpaired) electrons. The summed E-state index contributed by atoms with van der Waals surface area (Å²) in [5.74, 6) is -0.186. The smallest absolute Gasteiger partial charge is 0.123 e. The van der Waals surface area contributed by atoms with Gasteiger partial charge in [0.1, 0.15) is 5.82 Å². The maximum atomic E-state index is 12.9. The first kappa shape index (κ1) is 8.95. The van der Waals surface area contributed by atoms with Crippen LogP contribution in [0.3, 0.4) is 0 Å². The summed E-state index contributed by atoms with van der Waals surface area (Å²) >= 11 is 0. The standard InChI is InChI=1S/C13H10F/c1-10-9-12(14)7-8-13(10)11-5-3-2-4-6-11/h3-9H,1H3. The lowest BCUT2D eigenvalue weighted by molar-refractivity contribution is 0.627. The molecule has 0 bridgehead atoms. The van der Waals surface area contributed by atoms with Crippen LogP contribution in [0.1, 0.15) is 5.56 Å². The summed E-state index contributed by atoms with van der Waals surface area (Å²) in [5, 5.41) is 0. The summed E-state index contributed by atoms with van der Waals surface area (Å²) in [5.41, 5.74) is 3.12. The van der Waals surface area contributed by atoms with Crippen LogP contribution in [0.25, 0.3) is 11.1 Å². The van der Waals surface area contributed by atoms with Crippen molar-refractivity contribution in [1.82, 2.24) is 0 Å². The van der Waals surface area contributed by atoms with Gasteiger partial charge in [0.25, 0.3) is 0 Å². The molecule has 2 rings (SSSR count). The van der Waals surface area contributed by atoms with Crippen molar-refractivity contribution in [2.45, 2.75) is 6.92 Å². The van der Waals surface area contributed by atoms with E-state index in [0.29, 0.717) is 0 Å². The highest BCUT2D eigenvalue weighted by Gasteiger charge is 2.01. The van der Waals surface area contributed by atoms with E-state index in [0.717, 1.165) is 16.7 Å². The lowest BCUT2D eigenvalue weighted by atomic mass is 10.0. The Morgan fingerprint density at radius 3 is 2.43 bits per heavy atom. The van der Waals surface area contributed by atoms with E-state index in [-0.39, 0.29) is 5.82 Å². The molecule has 0 aliphatic carbocycles. The SMILES string of the molecule is Cc1cc(F)ccc1-c1cc[c]cc1. The second kappa shape index (κ2) is 3.62. The van der Waals surface area contributed by atoms with E-state index in [4.69, 9.17) is 0 Å². The van der Waals surface area contributed by atoms with E-state index >= 15 is 0 Å². The van der Waals surface area contributed by atoms with Crippen molar-refractivity contribution < 1.29 is 4.39 Å². The first-order valence-corrected chi connectivity index (χ1v) is 4.50. The summed E-state index contributed by atoms with van der Waals surface area (Å²) < 4.78 is 12.9. The molecule has 0 spiro atoms. The van der Waals surface area contributed by atoms with E-state index in [9.17, 15) is 4.39 Å². The molecule has 0 fully saturated rings. The molecule has 0 atom stereocenters. The quantitative estimate of drug-likeness (QED) is 0.636. The fraction of sp³-hybridized carbons (Fsp3) is 0.0769. The monoisotopic (exact) mass is 185 g/mol. The van der Waals surface area contributed by atoms with Crippen molar-refractivity contribution in [3.63, 3.8) is 0 Å². The van der Waals surface area contributed by atoms with Gasteiger partial charge in [-0.1, -0.05) is 30.3 Å². The molecule has 69 valence electrons. The molecule has 0 heterocycles. The number of hydrogen-bond donors (Lipinski definition) is 0. The van der Waals surface area contributed by atoms with Gasteiger partial charge in [-0.2, -0.15) is 0 Å². The number of halogens is 1. The minimum Gasteiger partial charge on any atom is -0.207 e. The average Bonchev–Trinajstić information content (AvgIpc) is 2.19. The van der Waals surface area contributed by atoms with Crippen LogP contribution in [-0.4, -0.2) is 0 Å². The molecule has 0 saturated carbocycles. The minimum absolute atomic E-state index is 0.186. The third kappa shape index (κ3) is 1.67. The topological polar surface area (TPSA) is 0 Å². The average molecular weight is 185 g/mol. The first-order valence-electron chi connectivity index (χ1n) is 4.50. The maximum absolute atomic E-state index is 12.9. The van der Waals surface area contributed by atoms with E-state index in [1.54, 1.807) is 12.1 Å². The molecule has 14 heavy (non-hydrogen) atoms. The third-order valence-corrected chi connectivity index (χ3v) is 2.22. The second-order valence-electron chi connectivity index (χ2n) is 3.25. The minimum atomic E-state index is -0.186. The van der Waals surface area contributed by atoms with Gasteiger partial charge in [0, 0.05) is 0 Å². The summed E-state index contributed by atoms with van der Waals surface area (Å²) in [7, 11) is 0. The van der Waals surface area contributed by atoms with Gasteiger partial charge < -0.3 is 0 Å². The zero-order chi connectivity index (χ0) is 9.97. The van der Waals surface area contributed by atoms with Crippen molar-refractivity contribution >= 4 is 0 Å². The van der Waals surface area contributed by atoms with E-state index in [1.807, 2.05) is 31.2 Å². The number of aryl methyl sites for hydroxylation is 1. The number of rotatable bonds is 1. The summed E-state index contributed by atoms with van der Waals surface area (Å²) in [4.78, 5) is 0. The lowest BCUT2D eigenvalue weighted by Gasteiger charge is -2.05. The predicted octanol–water partition coefficient (Wildman–Crippen LogP) is 3.60. The van der Waals surface area contributed by atoms with Gasteiger partial charge in [0.2, 0.25) is 0 Å². The number of hydrogen-bond acceptors (Lipinski definition) is 0. The van der Waals surface area contributed by atoms with Crippen molar-refractivity contribution in [3.05, 3.63) is 59.9 Å². The van der Waals surface area contributed by atoms with Crippen molar-refractivity contribution in [3.8, 4) is 11.1 Å². The molecule has 2 aromatic rings. The highest BCUT2D eigenvalue weighted by atomic mass is 19.1. The molecule has 0 aliphatic heterocycles. The number of benzene rings is 2. The normalized spacial score (nSPS) is 10.1. The Morgan fingerprint density at radius 1 is 1.07 bits per heavy atom. The predicted molar refractivity (Wildman–Crippen MR) is 55.4 cm³/mol. The highest BCUT2D eigenvalue weighted by molar-refractivity contribution is 5.66. The Bertz CT molecular complexity index is 432. The second-order valence-corrected chi connectivity index (χ2v) is 3.25. The summed E-state index contributed by atoms with van der Waals surface area (Å²) in [6.07, 6.45) is 0. The lowest BCUT2D eigenvalue weighted by Crippen LogP contribution is -1.84. The Kier molecular flexibility index (Phi) is 2.32. The fourth-order valence-corrected chi connectivity index (χ4v) is 1.52.